The molecule has 0 aliphatic rings. The molecule has 0 atom stereocenters. The van der Waals surface area contributed by atoms with Crippen molar-refractivity contribution >= 4 is 11.0 Å². The molecule has 0 amide bonds. The Hall–Kier alpha value is -2.17. The van der Waals surface area contributed by atoms with E-state index in [1.54, 1.807) is 0 Å². The predicted octanol–water partition coefficient (Wildman–Crippen LogP) is 3.11. The number of fused-ring (bicyclic) bond motifs is 1. The van der Waals surface area contributed by atoms with Crippen molar-refractivity contribution in [3.05, 3.63) is 65.5 Å². The summed E-state index contributed by atoms with van der Waals surface area (Å²) in [6.45, 7) is 4.75. The van der Waals surface area contributed by atoms with Gasteiger partial charge in [-0.2, -0.15) is 0 Å². The van der Waals surface area contributed by atoms with Crippen molar-refractivity contribution in [2.24, 2.45) is 5.73 Å². The molecule has 0 spiro atoms. The van der Waals surface area contributed by atoms with Crippen LogP contribution in [0.15, 0.2) is 48.5 Å². The first-order chi connectivity index (χ1) is 11.8. The number of para-hydroxylation sites is 2. The molecule has 4 heteroatoms. The van der Waals surface area contributed by atoms with Gasteiger partial charge in [-0.3, -0.25) is 0 Å². The van der Waals surface area contributed by atoms with Gasteiger partial charge in [-0.15, -0.1) is 0 Å². The molecule has 4 nitrogen and oxygen atoms in total. The summed E-state index contributed by atoms with van der Waals surface area (Å²) >= 11 is 0. The van der Waals surface area contributed by atoms with Crippen molar-refractivity contribution in [3.8, 4) is 0 Å². The van der Waals surface area contributed by atoms with Crippen LogP contribution in [0.25, 0.3) is 11.0 Å². The number of nitrogens with two attached hydrogens (primary N) is 1. The fraction of sp³-hybridized carbons (Fsp3) is 0.350. The van der Waals surface area contributed by atoms with E-state index in [1.807, 2.05) is 6.07 Å². The minimum atomic E-state index is 0.560. The van der Waals surface area contributed by atoms with Crippen LogP contribution in [0.1, 0.15) is 17.0 Å². The molecule has 2 N–H and O–H groups in total. The van der Waals surface area contributed by atoms with E-state index in [9.17, 15) is 0 Å². The van der Waals surface area contributed by atoms with Crippen molar-refractivity contribution < 1.29 is 4.74 Å². The second kappa shape index (κ2) is 8.08. The van der Waals surface area contributed by atoms with Crippen LogP contribution in [0.3, 0.4) is 0 Å². The molecule has 2 aromatic carbocycles. The lowest BCUT2D eigenvalue weighted by Crippen LogP contribution is -2.14. The zero-order valence-electron chi connectivity index (χ0n) is 14.2. The van der Waals surface area contributed by atoms with Crippen LogP contribution in [-0.2, 0) is 24.1 Å². The highest BCUT2D eigenvalue weighted by Gasteiger charge is 2.10. The van der Waals surface area contributed by atoms with Crippen molar-refractivity contribution in [2.45, 2.75) is 26.3 Å². The van der Waals surface area contributed by atoms with Crippen LogP contribution in [0, 0.1) is 6.92 Å². The first-order valence-electron chi connectivity index (χ1n) is 8.55. The summed E-state index contributed by atoms with van der Waals surface area (Å²) in [5.74, 6) is 1.12. The summed E-state index contributed by atoms with van der Waals surface area (Å²) in [4.78, 5) is 4.83. The molecule has 0 aliphatic carbocycles. The van der Waals surface area contributed by atoms with E-state index in [0.717, 1.165) is 30.7 Å². The monoisotopic (exact) mass is 323 g/mol. The Bertz CT molecular complexity index is 777. The maximum atomic E-state index is 5.56. The highest BCUT2D eigenvalue weighted by Crippen LogP contribution is 2.18. The van der Waals surface area contributed by atoms with Crippen LogP contribution in [-0.4, -0.2) is 29.3 Å². The van der Waals surface area contributed by atoms with Crippen LogP contribution < -0.4 is 5.73 Å². The lowest BCUT2D eigenvalue weighted by molar-refractivity contribution is 0.133. The smallest absolute Gasteiger partial charge is 0.110 e. The topological polar surface area (TPSA) is 53.1 Å². The van der Waals surface area contributed by atoms with Gasteiger partial charge >= 0.3 is 0 Å². The van der Waals surface area contributed by atoms with Crippen molar-refractivity contribution in [1.29, 1.82) is 0 Å². The fourth-order valence-electron chi connectivity index (χ4n) is 2.92. The highest BCUT2D eigenvalue weighted by molar-refractivity contribution is 5.75. The number of benzene rings is 2. The van der Waals surface area contributed by atoms with Crippen LogP contribution in [0.2, 0.25) is 0 Å². The molecular formula is C20H25N3O. The van der Waals surface area contributed by atoms with Gasteiger partial charge in [-0.1, -0.05) is 42.0 Å². The number of imidazole rings is 1. The van der Waals surface area contributed by atoms with Crippen LogP contribution in [0.4, 0.5) is 0 Å². The van der Waals surface area contributed by atoms with Crippen molar-refractivity contribution in [2.75, 3.05) is 19.8 Å². The van der Waals surface area contributed by atoms with Crippen LogP contribution in [0.5, 0.6) is 0 Å². The Morgan fingerprint density at radius 3 is 2.58 bits per heavy atom. The van der Waals surface area contributed by atoms with Crippen molar-refractivity contribution in [3.63, 3.8) is 0 Å². The summed E-state index contributed by atoms with van der Waals surface area (Å²) in [7, 11) is 0. The lowest BCUT2D eigenvalue weighted by Gasteiger charge is -2.10. The summed E-state index contributed by atoms with van der Waals surface area (Å²) in [5, 5.41) is 0. The molecule has 24 heavy (non-hydrogen) atoms. The lowest BCUT2D eigenvalue weighted by atomic mass is 10.1. The Labute approximate surface area is 143 Å². The molecule has 0 bridgehead atoms. The molecule has 126 valence electrons. The van der Waals surface area contributed by atoms with Crippen LogP contribution >= 0.6 is 0 Å². The minimum absolute atomic E-state index is 0.560. The van der Waals surface area contributed by atoms with Gasteiger partial charge in [0.25, 0.3) is 0 Å². The molecule has 0 fully saturated rings. The summed E-state index contributed by atoms with van der Waals surface area (Å²) < 4.78 is 7.84. The van der Waals surface area contributed by atoms with Gasteiger partial charge in [0.05, 0.1) is 24.2 Å². The maximum Gasteiger partial charge on any atom is 0.110 e. The molecular weight excluding hydrogens is 298 g/mol. The number of hydrogen-bond acceptors (Lipinski definition) is 3. The minimum Gasteiger partial charge on any atom is -0.378 e. The van der Waals surface area contributed by atoms with E-state index in [2.05, 4.69) is 54.0 Å². The molecule has 3 rings (SSSR count). The van der Waals surface area contributed by atoms with E-state index < -0.39 is 0 Å². The van der Waals surface area contributed by atoms with Gasteiger partial charge in [0.15, 0.2) is 0 Å². The average Bonchev–Trinajstić information content (AvgIpc) is 2.96. The summed E-state index contributed by atoms with van der Waals surface area (Å²) in [6, 6.07) is 17.0. The SMILES string of the molecule is Cc1ccc(CCc2nc3ccccc3n2CCOCCN)cc1. The Morgan fingerprint density at radius 1 is 1.00 bits per heavy atom. The van der Waals surface area contributed by atoms with E-state index >= 15 is 0 Å². The fourth-order valence-corrected chi connectivity index (χ4v) is 2.92. The molecule has 0 saturated heterocycles. The molecule has 3 aromatic rings. The van der Waals surface area contributed by atoms with Gasteiger partial charge in [0.1, 0.15) is 5.82 Å². The summed E-state index contributed by atoms with van der Waals surface area (Å²) in [6.07, 6.45) is 1.92. The molecule has 0 unspecified atom stereocenters. The Kier molecular flexibility index (Phi) is 5.62. The number of aryl methyl sites for hydroxylation is 3. The number of nitrogens with zero attached hydrogens (tertiary/aromatic N) is 2. The maximum absolute atomic E-state index is 5.56. The predicted molar refractivity (Wildman–Crippen MR) is 98.2 cm³/mol. The second-order valence-corrected chi connectivity index (χ2v) is 6.06. The van der Waals surface area contributed by atoms with Gasteiger partial charge in [-0.05, 0) is 31.0 Å². The van der Waals surface area contributed by atoms with Crippen molar-refractivity contribution in [1.82, 2.24) is 9.55 Å². The molecule has 1 heterocycles. The zero-order valence-corrected chi connectivity index (χ0v) is 14.2. The van der Waals surface area contributed by atoms with Gasteiger partial charge in [-0.25, -0.2) is 4.98 Å². The number of rotatable bonds is 8. The largest absolute Gasteiger partial charge is 0.378 e. The third-order valence-electron chi connectivity index (χ3n) is 4.21. The molecule has 1 aromatic heterocycles. The molecule has 0 aliphatic heterocycles. The third kappa shape index (κ3) is 4.02. The number of aromatic nitrogens is 2. The van der Waals surface area contributed by atoms with E-state index in [-0.39, 0.29) is 0 Å². The first kappa shape index (κ1) is 16.7. The standard InChI is InChI=1S/C20H25N3O/c1-16-6-8-17(9-7-16)10-11-20-22-18-4-2-3-5-19(18)23(20)13-15-24-14-12-21/h2-9H,10-15,21H2,1H3. The quantitative estimate of drug-likeness (QED) is 0.648. The number of ether oxygens (including phenoxy) is 1. The normalized spacial score (nSPS) is 11.2. The zero-order chi connectivity index (χ0) is 16.8. The highest BCUT2D eigenvalue weighted by atomic mass is 16.5. The third-order valence-corrected chi connectivity index (χ3v) is 4.21. The first-order valence-corrected chi connectivity index (χ1v) is 8.55. The number of hydrogen-bond donors (Lipinski definition) is 1. The van der Waals surface area contributed by atoms with Gasteiger partial charge < -0.3 is 15.0 Å². The van der Waals surface area contributed by atoms with Gasteiger partial charge in [0, 0.05) is 19.5 Å². The Morgan fingerprint density at radius 2 is 1.79 bits per heavy atom. The molecule has 0 radical (unpaired) electrons. The Balaban J connectivity index is 1.76. The second-order valence-electron chi connectivity index (χ2n) is 6.06. The van der Waals surface area contributed by atoms with E-state index in [1.165, 1.54) is 16.6 Å². The molecule has 0 saturated carbocycles. The van der Waals surface area contributed by atoms with Gasteiger partial charge in [0.2, 0.25) is 0 Å². The van der Waals surface area contributed by atoms with E-state index in [0.29, 0.717) is 19.8 Å². The van der Waals surface area contributed by atoms with E-state index in [4.69, 9.17) is 15.5 Å². The average molecular weight is 323 g/mol. The summed E-state index contributed by atoms with van der Waals surface area (Å²) in [5.41, 5.74) is 10.4.